The minimum atomic E-state index is -0.528. The summed E-state index contributed by atoms with van der Waals surface area (Å²) in [7, 11) is 0. The molecule has 1 N–H and O–H groups in total. The second kappa shape index (κ2) is 4.64. The van der Waals surface area contributed by atoms with Gasteiger partial charge < -0.3 is 9.52 Å². The average molecular weight is 222 g/mol. The third-order valence-electron chi connectivity index (χ3n) is 2.37. The zero-order valence-corrected chi connectivity index (χ0v) is 9.46. The SMILES string of the molecule is CCc1ccc(C(O)Cc2ccsc2)o1. The van der Waals surface area contributed by atoms with Crippen molar-refractivity contribution in [3.63, 3.8) is 0 Å². The molecule has 1 atom stereocenters. The van der Waals surface area contributed by atoms with E-state index in [-0.39, 0.29) is 0 Å². The number of hydrogen-bond donors (Lipinski definition) is 1. The molecule has 0 saturated carbocycles. The highest BCUT2D eigenvalue weighted by molar-refractivity contribution is 7.07. The normalized spacial score (nSPS) is 12.9. The summed E-state index contributed by atoms with van der Waals surface area (Å²) >= 11 is 1.64. The second-order valence-electron chi connectivity index (χ2n) is 3.51. The van der Waals surface area contributed by atoms with Crippen LogP contribution in [0, 0.1) is 0 Å². The van der Waals surface area contributed by atoms with Gasteiger partial charge in [0.1, 0.15) is 17.6 Å². The Morgan fingerprint density at radius 1 is 1.40 bits per heavy atom. The summed E-state index contributed by atoms with van der Waals surface area (Å²) in [5, 5.41) is 14.0. The second-order valence-corrected chi connectivity index (χ2v) is 4.29. The van der Waals surface area contributed by atoms with E-state index in [1.54, 1.807) is 11.3 Å². The zero-order chi connectivity index (χ0) is 10.7. The van der Waals surface area contributed by atoms with Gasteiger partial charge in [0.15, 0.2) is 0 Å². The minimum Gasteiger partial charge on any atom is -0.463 e. The van der Waals surface area contributed by atoms with Crippen molar-refractivity contribution in [2.45, 2.75) is 25.9 Å². The molecule has 2 aromatic heterocycles. The van der Waals surface area contributed by atoms with E-state index in [2.05, 4.69) is 0 Å². The monoisotopic (exact) mass is 222 g/mol. The van der Waals surface area contributed by atoms with Gasteiger partial charge in [-0.25, -0.2) is 0 Å². The van der Waals surface area contributed by atoms with Gasteiger partial charge in [-0.15, -0.1) is 0 Å². The summed E-state index contributed by atoms with van der Waals surface area (Å²) in [6, 6.07) is 5.81. The van der Waals surface area contributed by atoms with Crippen LogP contribution in [0.3, 0.4) is 0 Å². The Hall–Kier alpha value is -1.06. The van der Waals surface area contributed by atoms with Crippen LogP contribution in [-0.4, -0.2) is 5.11 Å². The molecule has 0 aromatic carbocycles. The van der Waals surface area contributed by atoms with Gasteiger partial charge in [0.05, 0.1) is 0 Å². The Morgan fingerprint density at radius 3 is 2.87 bits per heavy atom. The predicted octanol–water partition coefficient (Wildman–Crippen LogP) is 3.18. The number of aliphatic hydroxyl groups excluding tert-OH is 1. The first kappa shape index (κ1) is 10.5. The van der Waals surface area contributed by atoms with Gasteiger partial charge in [0.2, 0.25) is 0 Å². The van der Waals surface area contributed by atoms with Crippen LogP contribution >= 0.6 is 11.3 Å². The topological polar surface area (TPSA) is 33.4 Å². The van der Waals surface area contributed by atoms with E-state index in [1.807, 2.05) is 35.9 Å². The third-order valence-corrected chi connectivity index (χ3v) is 3.10. The molecular weight excluding hydrogens is 208 g/mol. The lowest BCUT2D eigenvalue weighted by molar-refractivity contribution is 0.148. The van der Waals surface area contributed by atoms with E-state index >= 15 is 0 Å². The molecule has 0 aliphatic heterocycles. The van der Waals surface area contributed by atoms with Crippen LogP contribution in [0.15, 0.2) is 33.4 Å². The van der Waals surface area contributed by atoms with Gasteiger partial charge in [-0.3, -0.25) is 0 Å². The highest BCUT2D eigenvalue weighted by Gasteiger charge is 2.12. The van der Waals surface area contributed by atoms with Gasteiger partial charge in [-0.2, -0.15) is 11.3 Å². The molecule has 2 nitrogen and oxygen atoms in total. The highest BCUT2D eigenvalue weighted by atomic mass is 32.1. The van der Waals surface area contributed by atoms with Crippen LogP contribution in [0.1, 0.15) is 30.1 Å². The van der Waals surface area contributed by atoms with Crippen molar-refractivity contribution >= 4 is 11.3 Å². The summed E-state index contributed by atoms with van der Waals surface area (Å²) in [5.74, 6) is 1.59. The van der Waals surface area contributed by atoms with Gasteiger partial charge >= 0.3 is 0 Å². The zero-order valence-electron chi connectivity index (χ0n) is 8.64. The standard InChI is InChI=1S/C12H14O2S/c1-2-10-3-4-12(14-10)11(13)7-9-5-6-15-8-9/h3-6,8,11,13H,2,7H2,1H3. The first-order chi connectivity index (χ1) is 7.29. The number of rotatable bonds is 4. The number of aryl methyl sites for hydroxylation is 1. The molecule has 0 amide bonds. The maximum absolute atomic E-state index is 9.91. The maximum atomic E-state index is 9.91. The molecule has 0 spiro atoms. The summed E-state index contributed by atoms with van der Waals surface area (Å²) in [4.78, 5) is 0. The fraction of sp³-hybridized carbons (Fsp3) is 0.333. The van der Waals surface area contributed by atoms with Crippen LogP contribution in [0.4, 0.5) is 0 Å². The number of thiophene rings is 1. The van der Waals surface area contributed by atoms with Crippen molar-refractivity contribution in [3.8, 4) is 0 Å². The molecule has 2 aromatic rings. The van der Waals surface area contributed by atoms with Crippen LogP contribution in [0.25, 0.3) is 0 Å². The Balaban J connectivity index is 2.04. The molecule has 1 unspecified atom stereocenters. The van der Waals surface area contributed by atoms with Crippen LogP contribution in [-0.2, 0) is 12.8 Å². The molecule has 0 bridgehead atoms. The number of hydrogen-bond acceptors (Lipinski definition) is 3. The lowest BCUT2D eigenvalue weighted by Gasteiger charge is -2.05. The summed E-state index contributed by atoms with van der Waals surface area (Å²) in [6.07, 6.45) is 0.964. The van der Waals surface area contributed by atoms with Gasteiger partial charge in [0.25, 0.3) is 0 Å². The van der Waals surface area contributed by atoms with Gasteiger partial charge in [-0.05, 0) is 34.5 Å². The molecule has 3 heteroatoms. The predicted molar refractivity (Wildman–Crippen MR) is 61.1 cm³/mol. The average Bonchev–Trinajstić information content (AvgIpc) is 2.86. The van der Waals surface area contributed by atoms with E-state index in [4.69, 9.17) is 4.42 Å². The Bertz CT molecular complexity index is 403. The number of furan rings is 1. The fourth-order valence-corrected chi connectivity index (χ4v) is 2.18. The van der Waals surface area contributed by atoms with E-state index in [1.165, 1.54) is 0 Å². The third kappa shape index (κ3) is 2.49. The molecule has 15 heavy (non-hydrogen) atoms. The smallest absolute Gasteiger partial charge is 0.133 e. The van der Waals surface area contributed by atoms with E-state index < -0.39 is 6.10 Å². The maximum Gasteiger partial charge on any atom is 0.133 e. The van der Waals surface area contributed by atoms with Crippen LogP contribution in [0.5, 0.6) is 0 Å². The minimum absolute atomic E-state index is 0.528. The van der Waals surface area contributed by atoms with E-state index in [0.717, 1.165) is 17.7 Å². The van der Waals surface area contributed by atoms with Crippen molar-refractivity contribution in [2.24, 2.45) is 0 Å². The summed E-state index contributed by atoms with van der Waals surface area (Å²) in [6.45, 7) is 2.04. The lowest BCUT2D eigenvalue weighted by Crippen LogP contribution is -1.99. The van der Waals surface area contributed by atoms with E-state index in [9.17, 15) is 5.11 Å². The molecule has 0 aliphatic carbocycles. The van der Waals surface area contributed by atoms with Crippen molar-refractivity contribution < 1.29 is 9.52 Å². The Morgan fingerprint density at radius 2 is 2.27 bits per heavy atom. The van der Waals surface area contributed by atoms with Crippen LogP contribution < -0.4 is 0 Å². The Labute approximate surface area is 93.2 Å². The van der Waals surface area contributed by atoms with Crippen LogP contribution in [0.2, 0.25) is 0 Å². The number of aliphatic hydroxyl groups is 1. The van der Waals surface area contributed by atoms with Crippen molar-refractivity contribution in [2.75, 3.05) is 0 Å². The van der Waals surface area contributed by atoms with Gasteiger partial charge in [0, 0.05) is 12.8 Å². The molecule has 80 valence electrons. The largest absolute Gasteiger partial charge is 0.463 e. The summed E-state index contributed by atoms with van der Waals surface area (Å²) < 4.78 is 5.50. The van der Waals surface area contributed by atoms with Gasteiger partial charge in [-0.1, -0.05) is 6.92 Å². The molecule has 0 saturated heterocycles. The first-order valence-electron chi connectivity index (χ1n) is 5.07. The first-order valence-corrected chi connectivity index (χ1v) is 6.01. The van der Waals surface area contributed by atoms with E-state index in [0.29, 0.717) is 12.2 Å². The quantitative estimate of drug-likeness (QED) is 0.862. The molecule has 2 heterocycles. The lowest BCUT2D eigenvalue weighted by atomic mass is 10.1. The highest BCUT2D eigenvalue weighted by Crippen LogP contribution is 2.21. The van der Waals surface area contributed by atoms with Crippen molar-refractivity contribution in [1.29, 1.82) is 0 Å². The van der Waals surface area contributed by atoms with Crippen molar-refractivity contribution in [1.82, 2.24) is 0 Å². The molecule has 0 aliphatic rings. The molecular formula is C12H14O2S. The Kier molecular flexibility index (Phi) is 3.23. The fourth-order valence-electron chi connectivity index (χ4n) is 1.50. The summed E-state index contributed by atoms with van der Waals surface area (Å²) in [5.41, 5.74) is 1.15. The molecule has 2 rings (SSSR count). The molecule has 0 fully saturated rings. The molecule has 0 radical (unpaired) electrons. The van der Waals surface area contributed by atoms with Crippen molar-refractivity contribution in [3.05, 3.63) is 46.0 Å².